The monoisotopic (exact) mass is 452 g/mol. The number of rotatable bonds is 3. The molecule has 4 heteroatoms. The number of nitriles is 1. The van der Waals surface area contributed by atoms with Gasteiger partial charge in [0.2, 0.25) is 5.69 Å². The Kier molecular flexibility index (Phi) is 4.90. The lowest BCUT2D eigenvalue weighted by Crippen LogP contribution is -2.30. The number of fused-ring (bicyclic) bond motifs is 3. The Balaban J connectivity index is 1.67. The second kappa shape index (κ2) is 8.23. The van der Waals surface area contributed by atoms with Crippen molar-refractivity contribution in [3.63, 3.8) is 0 Å². The zero-order valence-electron chi connectivity index (χ0n) is 19.5. The van der Waals surface area contributed by atoms with E-state index in [1.165, 1.54) is 0 Å². The van der Waals surface area contributed by atoms with Gasteiger partial charge in [-0.1, -0.05) is 60.7 Å². The molecule has 0 radical (unpaired) electrons. The predicted octanol–water partition coefficient (Wildman–Crippen LogP) is 6.99. The topological polar surface area (TPSA) is 53.7 Å². The van der Waals surface area contributed by atoms with Gasteiger partial charge in [0.05, 0.1) is 11.1 Å². The molecule has 3 heterocycles. The van der Waals surface area contributed by atoms with Crippen molar-refractivity contribution >= 4 is 21.9 Å². The van der Waals surface area contributed by atoms with Crippen LogP contribution in [0, 0.1) is 18.3 Å². The molecule has 0 saturated carbocycles. The lowest BCUT2D eigenvalue weighted by Gasteiger charge is -2.08. The van der Waals surface area contributed by atoms with Gasteiger partial charge in [-0.15, -0.1) is 0 Å². The molecule has 6 aromatic rings. The maximum atomic E-state index is 9.96. The van der Waals surface area contributed by atoms with E-state index >= 15 is 0 Å². The quantitative estimate of drug-likeness (QED) is 0.272. The fourth-order valence-electron chi connectivity index (χ4n) is 4.83. The fraction of sp³-hybridized carbons (Fsp3) is 0.0645. The standard InChI is InChI=1S/C31H22N3O/c1-20-14-15-24-25-19-33-26(18-32)29(23-12-8-11-22(17-23)21-9-4-3-5-10-21)31(25)35-30(24)28(20)27-13-6-7-16-34(27)2/h3-17,19H,1-2H3/q+1. The summed E-state index contributed by atoms with van der Waals surface area (Å²) in [6.45, 7) is 2.10. The molecule has 0 aliphatic rings. The Bertz CT molecular complexity index is 1780. The Morgan fingerprint density at radius 2 is 1.51 bits per heavy atom. The molecule has 0 bridgehead atoms. The average molecular weight is 453 g/mol. The average Bonchev–Trinajstić information content (AvgIpc) is 3.28. The number of aryl methyl sites for hydroxylation is 2. The maximum absolute atomic E-state index is 9.96. The van der Waals surface area contributed by atoms with Crippen LogP contribution in [0.3, 0.4) is 0 Å². The number of benzene rings is 3. The molecular formula is C31H22N3O+. The molecule has 6 rings (SSSR count). The Labute approximate surface area is 203 Å². The number of furan rings is 1. The lowest BCUT2D eigenvalue weighted by atomic mass is 9.96. The van der Waals surface area contributed by atoms with Crippen LogP contribution in [-0.4, -0.2) is 4.98 Å². The summed E-state index contributed by atoms with van der Waals surface area (Å²) in [4.78, 5) is 4.54. The summed E-state index contributed by atoms with van der Waals surface area (Å²) in [5.74, 6) is 0. The first kappa shape index (κ1) is 20.8. The van der Waals surface area contributed by atoms with E-state index in [-0.39, 0.29) is 0 Å². The molecule has 0 aliphatic carbocycles. The van der Waals surface area contributed by atoms with E-state index in [0.717, 1.165) is 55.4 Å². The molecule has 0 atom stereocenters. The van der Waals surface area contributed by atoms with Crippen molar-refractivity contribution < 1.29 is 8.98 Å². The van der Waals surface area contributed by atoms with Gasteiger partial charge in [0.25, 0.3) is 0 Å². The first-order chi connectivity index (χ1) is 17.2. The van der Waals surface area contributed by atoms with E-state index in [0.29, 0.717) is 11.3 Å². The van der Waals surface area contributed by atoms with Crippen molar-refractivity contribution in [2.24, 2.45) is 7.05 Å². The van der Waals surface area contributed by atoms with Crippen molar-refractivity contribution in [1.82, 2.24) is 4.98 Å². The minimum absolute atomic E-state index is 0.352. The third kappa shape index (κ3) is 3.37. The Hall–Kier alpha value is -4.75. The SMILES string of the molecule is Cc1ccc2c(oc3c(-c4cccc(-c5ccccc5)c4)c(C#N)ncc32)c1-c1cccc[n+]1C. The summed E-state index contributed by atoms with van der Waals surface area (Å²) >= 11 is 0. The molecular weight excluding hydrogens is 430 g/mol. The van der Waals surface area contributed by atoms with Gasteiger partial charge in [-0.05, 0) is 41.3 Å². The Morgan fingerprint density at radius 1 is 0.771 bits per heavy atom. The molecule has 3 aromatic carbocycles. The van der Waals surface area contributed by atoms with Crippen LogP contribution >= 0.6 is 0 Å². The van der Waals surface area contributed by atoms with Gasteiger partial charge in [0, 0.05) is 29.1 Å². The molecule has 0 N–H and O–H groups in total. The van der Waals surface area contributed by atoms with E-state index < -0.39 is 0 Å². The number of pyridine rings is 2. The molecule has 0 spiro atoms. The minimum Gasteiger partial charge on any atom is -0.454 e. The predicted molar refractivity (Wildman–Crippen MR) is 138 cm³/mol. The number of nitrogens with zero attached hydrogens (tertiary/aromatic N) is 3. The summed E-state index contributed by atoms with van der Waals surface area (Å²) < 4.78 is 8.74. The minimum atomic E-state index is 0.352. The lowest BCUT2D eigenvalue weighted by molar-refractivity contribution is -0.660. The van der Waals surface area contributed by atoms with Crippen LogP contribution in [0.2, 0.25) is 0 Å². The molecule has 4 nitrogen and oxygen atoms in total. The number of aromatic nitrogens is 2. The van der Waals surface area contributed by atoms with E-state index in [2.05, 4.69) is 65.0 Å². The van der Waals surface area contributed by atoms with E-state index in [4.69, 9.17) is 4.42 Å². The molecule has 0 amide bonds. The normalized spacial score (nSPS) is 11.1. The maximum Gasteiger partial charge on any atom is 0.216 e. The first-order valence-corrected chi connectivity index (χ1v) is 11.5. The molecule has 3 aromatic heterocycles. The van der Waals surface area contributed by atoms with Gasteiger partial charge in [-0.25, -0.2) is 9.55 Å². The Morgan fingerprint density at radius 3 is 2.31 bits per heavy atom. The zero-order chi connectivity index (χ0) is 23.9. The summed E-state index contributed by atoms with van der Waals surface area (Å²) in [5, 5.41) is 11.8. The number of hydrogen-bond acceptors (Lipinski definition) is 3. The van der Waals surface area contributed by atoms with Gasteiger partial charge in [-0.2, -0.15) is 5.26 Å². The van der Waals surface area contributed by atoms with Crippen molar-refractivity contribution in [1.29, 1.82) is 5.26 Å². The summed E-state index contributed by atoms with van der Waals surface area (Å²) in [7, 11) is 2.03. The molecule has 0 saturated heterocycles. The van der Waals surface area contributed by atoms with Crippen LogP contribution in [0.15, 0.2) is 102 Å². The highest BCUT2D eigenvalue weighted by Gasteiger charge is 2.23. The highest BCUT2D eigenvalue weighted by molar-refractivity contribution is 6.13. The fourth-order valence-corrected chi connectivity index (χ4v) is 4.83. The van der Waals surface area contributed by atoms with E-state index in [1.54, 1.807) is 6.20 Å². The number of hydrogen-bond donors (Lipinski definition) is 0. The molecule has 166 valence electrons. The van der Waals surface area contributed by atoms with Crippen LogP contribution in [0.1, 0.15) is 11.3 Å². The van der Waals surface area contributed by atoms with Crippen LogP contribution in [0.5, 0.6) is 0 Å². The van der Waals surface area contributed by atoms with Gasteiger partial charge in [0.1, 0.15) is 24.3 Å². The summed E-state index contributed by atoms with van der Waals surface area (Å²) in [6, 6.07) is 31.1. The molecule has 0 aliphatic heterocycles. The highest BCUT2D eigenvalue weighted by atomic mass is 16.3. The van der Waals surface area contributed by atoms with Crippen LogP contribution in [0.4, 0.5) is 0 Å². The van der Waals surface area contributed by atoms with Gasteiger partial charge in [0.15, 0.2) is 11.9 Å². The van der Waals surface area contributed by atoms with Crippen molar-refractivity contribution in [2.75, 3.05) is 0 Å². The third-order valence-electron chi connectivity index (χ3n) is 6.57. The second-order valence-electron chi connectivity index (χ2n) is 8.72. The van der Waals surface area contributed by atoms with Crippen molar-refractivity contribution in [2.45, 2.75) is 6.92 Å². The first-order valence-electron chi connectivity index (χ1n) is 11.5. The van der Waals surface area contributed by atoms with Crippen molar-refractivity contribution in [3.8, 4) is 39.6 Å². The zero-order valence-corrected chi connectivity index (χ0v) is 19.5. The van der Waals surface area contributed by atoms with Crippen LogP contribution < -0.4 is 4.57 Å². The van der Waals surface area contributed by atoms with Crippen molar-refractivity contribution in [3.05, 3.63) is 109 Å². The van der Waals surface area contributed by atoms with Gasteiger partial charge >= 0.3 is 0 Å². The second-order valence-corrected chi connectivity index (χ2v) is 8.72. The third-order valence-corrected chi connectivity index (χ3v) is 6.57. The largest absolute Gasteiger partial charge is 0.454 e. The van der Waals surface area contributed by atoms with E-state index in [1.807, 2.05) is 55.7 Å². The molecule has 0 unspecified atom stereocenters. The van der Waals surface area contributed by atoms with Gasteiger partial charge in [-0.3, -0.25) is 0 Å². The van der Waals surface area contributed by atoms with Crippen LogP contribution in [0.25, 0.3) is 55.4 Å². The molecule has 35 heavy (non-hydrogen) atoms. The summed E-state index contributed by atoms with van der Waals surface area (Å²) in [5.41, 5.74) is 8.90. The highest BCUT2D eigenvalue weighted by Crippen LogP contribution is 2.41. The van der Waals surface area contributed by atoms with Crippen LogP contribution in [-0.2, 0) is 7.05 Å². The van der Waals surface area contributed by atoms with Gasteiger partial charge < -0.3 is 4.42 Å². The smallest absolute Gasteiger partial charge is 0.216 e. The summed E-state index contributed by atoms with van der Waals surface area (Å²) in [6.07, 6.45) is 3.79. The molecule has 0 fully saturated rings. The van der Waals surface area contributed by atoms with E-state index in [9.17, 15) is 5.26 Å².